The molecular formula is C30H31N3O9S2. The van der Waals surface area contributed by atoms with Crippen LogP contribution in [0.5, 0.6) is 5.75 Å². The molecule has 1 saturated heterocycles. The van der Waals surface area contributed by atoms with E-state index in [9.17, 15) is 32.9 Å². The van der Waals surface area contributed by atoms with E-state index in [0.717, 1.165) is 10.5 Å². The summed E-state index contributed by atoms with van der Waals surface area (Å²) in [5.41, 5.74) is 1.22. The van der Waals surface area contributed by atoms with Crippen molar-refractivity contribution in [3.05, 3.63) is 100 Å². The van der Waals surface area contributed by atoms with Gasteiger partial charge in [0.15, 0.2) is 6.61 Å². The lowest BCUT2D eigenvalue weighted by atomic mass is 9.95. The summed E-state index contributed by atoms with van der Waals surface area (Å²) in [4.78, 5) is 51.1. The lowest BCUT2D eigenvalue weighted by molar-refractivity contribution is -0.384. The van der Waals surface area contributed by atoms with E-state index in [1.165, 1.54) is 36.4 Å². The van der Waals surface area contributed by atoms with Gasteiger partial charge >= 0.3 is 5.97 Å². The third-order valence-corrected chi connectivity index (χ3v) is 10.5. The van der Waals surface area contributed by atoms with Gasteiger partial charge in [0.05, 0.1) is 9.82 Å². The second-order valence-electron chi connectivity index (χ2n) is 10.4. The number of carbonyl (C=O) groups excluding carboxylic acids is 3. The molecule has 1 fully saturated rings. The number of carbonyl (C=O) groups is 3. The van der Waals surface area contributed by atoms with Gasteiger partial charge < -0.3 is 19.7 Å². The first-order valence-electron chi connectivity index (χ1n) is 13.6. The van der Waals surface area contributed by atoms with Crippen LogP contribution >= 0.6 is 10.8 Å². The molecule has 1 aliphatic heterocycles. The largest absolute Gasteiger partial charge is 0.484 e. The molecule has 3 aromatic carbocycles. The van der Waals surface area contributed by atoms with Gasteiger partial charge in [0.2, 0.25) is 14.8 Å². The van der Waals surface area contributed by atoms with Gasteiger partial charge in [-0.2, -0.15) is 0 Å². The monoisotopic (exact) mass is 641 g/mol. The summed E-state index contributed by atoms with van der Waals surface area (Å²) in [5.74, 6) is -2.14. The predicted octanol–water partition coefficient (Wildman–Crippen LogP) is 3.83. The van der Waals surface area contributed by atoms with E-state index in [1.807, 2.05) is 6.92 Å². The van der Waals surface area contributed by atoms with E-state index in [2.05, 4.69) is 5.32 Å². The van der Waals surface area contributed by atoms with E-state index < -0.39 is 61.6 Å². The van der Waals surface area contributed by atoms with Crippen molar-refractivity contribution in [2.45, 2.75) is 49.7 Å². The third-order valence-electron chi connectivity index (χ3n) is 6.75. The number of ether oxygens (including phenoxy) is 2. The number of benzene rings is 3. The highest BCUT2D eigenvalue weighted by Crippen LogP contribution is 2.40. The Morgan fingerprint density at radius 2 is 1.66 bits per heavy atom. The van der Waals surface area contributed by atoms with Crippen LogP contribution < -0.4 is 10.1 Å². The van der Waals surface area contributed by atoms with Crippen LogP contribution in [0, 0.1) is 23.0 Å². The maximum atomic E-state index is 13.5. The smallest absolute Gasteiger partial charge is 0.329 e. The fourth-order valence-electron chi connectivity index (χ4n) is 4.45. The molecule has 12 nitrogen and oxygen atoms in total. The Balaban J connectivity index is 1.54. The summed E-state index contributed by atoms with van der Waals surface area (Å²) in [6.45, 7) is 4.54. The van der Waals surface area contributed by atoms with Gasteiger partial charge in [-0.3, -0.25) is 19.7 Å². The third kappa shape index (κ3) is 7.74. The van der Waals surface area contributed by atoms with Gasteiger partial charge in [-0.25, -0.2) is 13.2 Å². The minimum absolute atomic E-state index is 0.00623. The second kappa shape index (κ2) is 13.9. The summed E-state index contributed by atoms with van der Waals surface area (Å²) in [6, 6.07) is 17.8. The Morgan fingerprint density at radius 3 is 2.25 bits per heavy atom. The number of hydrogen-bond acceptors (Lipinski definition) is 10. The zero-order valence-electron chi connectivity index (χ0n) is 24.1. The van der Waals surface area contributed by atoms with E-state index in [4.69, 9.17) is 9.47 Å². The van der Waals surface area contributed by atoms with Crippen molar-refractivity contribution in [3.8, 4) is 5.75 Å². The molecule has 1 heterocycles. The average molecular weight is 642 g/mol. The molecule has 1 aliphatic rings. The first-order chi connectivity index (χ1) is 20.9. The van der Waals surface area contributed by atoms with Gasteiger partial charge in [-0.05, 0) is 54.8 Å². The molecule has 44 heavy (non-hydrogen) atoms. The van der Waals surface area contributed by atoms with Crippen LogP contribution in [-0.4, -0.2) is 60.1 Å². The molecule has 3 unspecified atom stereocenters. The number of likely N-dealkylation sites (tertiary alicyclic amines) is 1. The zero-order chi connectivity index (χ0) is 32.0. The molecule has 0 saturated carbocycles. The maximum Gasteiger partial charge on any atom is 0.329 e. The van der Waals surface area contributed by atoms with Crippen LogP contribution in [0.4, 0.5) is 5.69 Å². The number of nitro benzene ring substituents is 1. The minimum Gasteiger partial charge on any atom is -0.484 e. The second-order valence-corrected chi connectivity index (χ2v) is 14.3. The number of nitrogens with zero attached hydrogens (tertiary/aromatic N) is 2. The number of β-lactam (4-membered cyclic amide) rings is 1. The number of nitro groups is 1. The minimum atomic E-state index is -4.04. The number of nitrogens with one attached hydrogen (secondary N) is 1. The highest BCUT2D eigenvalue weighted by atomic mass is 33.1. The van der Waals surface area contributed by atoms with Crippen LogP contribution in [0.25, 0.3) is 0 Å². The fraction of sp³-hybridized carbons (Fsp3) is 0.300. The molecule has 0 bridgehead atoms. The molecule has 0 aromatic heterocycles. The summed E-state index contributed by atoms with van der Waals surface area (Å²) < 4.78 is 37.8. The highest BCUT2D eigenvalue weighted by Gasteiger charge is 2.56. The molecule has 1 N–H and O–H groups in total. The normalized spacial score (nSPS) is 17.0. The number of aryl methyl sites for hydroxylation is 1. The summed E-state index contributed by atoms with van der Waals surface area (Å²) in [5, 5.41) is 12.3. The van der Waals surface area contributed by atoms with Gasteiger partial charge in [0, 0.05) is 22.9 Å². The van der Waals surface area contributed by atoms with Gasteiger partial charge in [0.25, 0.3) is 11.6 Å². The van der Waals surface area contributed by atoms with Crippen LogP contribution in [-0.2, 0) is 34.6 Å². The zero-order valence-corrected chi connectivity index (χ0v) is 25.7. The van der Waals surface area contributed by atoms with E-state index in [1.54, 1.807) is 56.3 Å². The van der Waals surface area contributed by atoms with Crippen molar-refractivity contribution in [1.82, 2.24) is 10.2 Å². The van der Waals surface area contributed by atoms with E-state index in [0.29, 0.717) is 22.1 Å². The molecular weight excluding hydrogens is 610 g/mol. The summed E-state index contributed by atoms with van der Waals surface area (Å²) >= 11 is 0. The lowest BCUT2D eigenvalue weighted by Gasteiger charge is -2.50. The Bertz CT molecular complexity index is 1610. The number of hydrogen-bond donors (Lipinski definition) is 1. The van der Waals surface area contributed by atoms with Crippen molar-refractivity contribution in [2.75, 3.05) is 6.61 Å². The van der Waals surface area contributed by atoms with Crippen LogP contribution in [0.1, 0.15) is 25.0 Å². The summed E-state index contributed by atoms with van der Waals surface area (Å²) in [7, 11) is -3.58. The Kier molecular flexibility index (Phi) is 10.3. The first-order valence-corrected chi connectivity index (χ1v) is 16.4. The number of amides is 2. The van der Waals surface area contributed by atoms with Gasteiger partial charge in [0.1, 0.15) is 29.8 Å². The number of para-hydroxylation sites is 1. The fourth-order valence-corrected chi connectivity index (χ4v) is 7.97. The molecule has 4 rings (SSSR count). The molecule has 0 spiro atoms. The summed E-state index contributed by atoms with van der Waals surface area (Å²) in [6.07, 6.45) is 0. The van der Waals surface area contributed by atoms with Crippen molar-refractivity contribution in [3.63, 3.8) is 0 Å². The topological polar surface area (TPSA) is 162 Å². The Hall–Kier alpha value is -4.43. The van der Waals surface area contributed by atoms with Crippen molar-refractivity contribution in [2.24, 2.45) is 5.92 Å². The highest BCUT2D eigenvalue weighted by molar-refractivity contribution is 8.72. The number of non-ortho nitro benzene ring substituents is 1. The lowest BCUT2D eigenvalue weighted by Crippen LogP contribution is -2.74. The quantitative estimate of drug-likeness (QED) is 0.0955. The average Bonchev–Trinajstić information content (AvgIpc) is 3.00. The molecule has 0 radical (unpaired) electrons. The molecule has 3 atom stereocenters. The van der Waals surface area contributed by atoms with E-state index >= 15 is 0 Å². The predicted molar refractivity (Wildman–Crippen MR) is 162 cm³/mol. The molecule has 232 valence electrons. The number of rotatable bonds is 13. The molecule has 14 heteroatoms. The Morgan fingerprint density at radius 1 is 1.02 bits per heavy atom. The Labute approximate surface area is 258 Å². The van der Waals surface area contributed by atoms with Crippen LogP contribution in [0.2, 0.25) is 0 Å². The van der Waals surface area contributed by atoms with Crippen LogP contribution in [0.3, 0.4) is 0 Å². The van der Waals surface area contributed by atoms with Crippen molar-refractivity contribution in [1.29, 1.82) is 0 Å². The van der Waals surface area contributed by atoms with Crippen molar-refractivity contribution < 1.29 is 37.2 Å². The van der Waals surface area contributed by atoms with Gasteiger partial charge in [-0.1, -0.05) is 49.7 Å². The SMILES string of the molecule is Cc1ccc(S(=O)(=O)SC2C(NC(=O)COc3ccccc3)C(=O)N2C(C(=O)OCc2ccc([N+](=O)[O-])cc2)C(C)C)cc1. The molecule has 0 aliphatic carbocycles. The van der Waals surface area contributed by atoms with Crippen molar-refractivity contribution >= 4 is 43.1 Å². The maximum absolute atomic E-state index is 13.5. The molecule has 3 aromatic rings. The standard InChI is InChI=1S/C30H31N3O9S2/c1-19(2)27(30(36)42-17-21-11-13-22(14-12-21)33(37)38)32-28(35)26(31-25(34)18-41-23-7-5-4-6-8-23)29(32)43-44(39,40)24-15-9-20(3)10-16-24/h4-16,19,26-27,29H,17-18H2,1-3H3,(H,31,34). The number of esters is 1. The van der Waals surface area contributed by atoms with Crippen LogP contribution in [0.15, 0.2) is 83.8 Å². The molecule has 2 amide bonds. The first kappa shape index (κ1) is 32.5. The van der Waals surface area contributed by atoms with E-state index in [-0.39, 0.29) is 17.2 Å². The van der Waals surface area contributed by atoms with Gasteiger partial charge in [-0.15, -0.1) is 0 Å².